The summed E-state index contributed by atoms with van der Waals surface area (Å²) in [7, 11) is 0. The highest BCUT2D eigenvalue weighted by Gasteiger charge is 2.03. The maximum absolute atomic E-state index is 11.7. The Kier molecular flexibility index (Phi) is 6.24. The van der Waals surface area contributed by atoms with Crippen molar-refractivity contribution in [1.29, 1.82) is 0 Å². The van der Waals surface area contributed by atoms with Gasteiger partial charge in [-0.15, -0.1) is 0 Å². The number of carbonyl (C=O) groups excluding carboxylic acids is 1. The Hall–Kier alpha value is -1.56. The van der Waals surface area contributed by atoms with E-state index >= 15 is 0 Å². The first-order chi connectivity index (χ1) is 10.6. The standard InChI is InChI=1S/C15H12BrCl2N3O/c16-12-7-11(17)5-6-14(12)19-9-15(22)21-20-8-10-3-1-2-4-13(10)18/h1-8,19H,9H2,(H,21,22)/b20-8+. The van der Waals surface area contributed by atoms with E-state index in [9.17, 15) is 4.79 Å². The minimum absolute atomic E-state index is 0.0834. The summed E-state index contributed by atoms with van der Waals surface area (Å²) in [6.07, 6.45) is 1.50. The Morgan fingerprint density at radius 3 is 2.73 bits per heavy atom. The Labute approximate surface area is 146 Å². The van der Waals surface area contributed by atoms with Gasteiger partial charge in [0.05, 0.1) is 12.8 Å². The maximum atomic E-state index is 11.7. The van der Waals surface area contributed by atoms with Gasteiger partial charge in [-0.3, -0.25) is 4.79 Å². The normalized spacial score (nSPS) is 10.7. The van der Waals surface area contributed by atoms with Gasteiger partial charge in [-0.2, -0.15) is 5.10 Å². The predicted octanol–water partition coefficient (Wildman–Crippen LogP) is 4.32. The molecule has 0 saturated heterocycles. The van der Waals surface area contributed by atoms with Crippen LogP contribution in [0.4, 0.5) is 5.69 Å². The molecule has 0 aromatic heterocycles. The molecule has 0 unspecified atom stereocenters. The summed E-state index contributed by atoms with van der Waals surface area (Å²) < 4.78 is 0.785. The first kappa shape index (κ1) is 16.8. The molecule has 0 bridgehead atoms. The van der Waals surface area contributed by atoms with Crippen molar-refractivity contribution in [2.45, 2.75) is 0 Å². The molecule has 0 saturated carbocycles. The smallest absolute Gasteiger partial charge is 0.259 e. The van der Waals surface area contributed by atoms with Crippen LogP contribution in [-0.2, 0) is 4.79 Å². The van der Waals surface area contributed by atoms with Crippen molar-refractivity contribution in [3.63, 3.8) is 0 Å². The largest absolute Gasteiger partial charge is 0.375 e. The number of hydrazone groups is 1. The fourth-order valence-electron chi connectivity index (χ4n) is 1.60. The summed E-state index contributed by atoms with van der Waals surface area (Å²) in [4.78, 5) is 11.7. The molecular formula is C15H12BrCl2N3O. The van der Waals surface area contributed by atoms with Gasteiger partial charge in [0.15, 0.2) is 0 Å². The molecule has 7 heteroatoms. The van der Waals surface area contributed by atoms with Crippen LogP contribution in [0.1, 0.15) is 5.56 Å². The second-order valence-electron chi connectivity index (χ2n) is 4.29. The van der Waals surface area contributed by atoms with E-state index in [4.69, 9.17) is 23.2 Å². The Balaban J connectivity index is 1.84. The number of carbonyl (C=O) groups is 1. The number of hydrogen-bond donors (Lipinski definition) is 2. The molecule has 0 radical (unpaired) electrons. The number of hydrogen-bond acceptors (Lipinski definition) is 3. The second kappa shape index (κ2) is 8.17. The van der Waals surface area contributed by atoms with Crippen molar-refractivity contribution in [1.82, 2.24) is 5.43 Å². The topological polar surface area (TPSA) is 53.5 Å². The van der Waals surface area contributed by atoms with E-state index in [-0.39, 0.29) is 12.5 Å². The molecule has 0 aliphatic rings. The molecule has 2 aromatic carbocycles. The third-order valence-electron chi connectivity index (χ3n) is 2.67. The van der Waals surface area contributed by atoms with Crippen molar-refractivity contribution in [3.05, 3.63) is 62.5 Å². The lowest BCUT2D eigenvalue weighted by atomic mass is 10.2. The van der Waals surface area contributed by atoms with E-state index in [1.54, 1.807) is 30.3 Å². The average Bonchev–Trinajstić information content (AvgIpc) is 2.48. The third-order valence-corrected chi connectivity index (χ3v) is 3.90. The van der Waals surface area contributed by atoms with E-state index in [1.165, 1.54) is 6.21 Å². The van der Waals surface area contributed by atoms with Crippen LogP contribution in [0.3, 0.4) is 0 Å². The number of nitrogens with one attached hydrogen (secondary N) is 2. The molecule has 0 heterocycles. The summed E-state index contributed by atoms with van der Waals surface area (Å²) >= 11 is 15.2. The van der Waals surface area contributed by atoms with E-state index in [1.807, 2.05) is 12.1 Å². The summed E-state index contributed by atoms with van der Waals surface area (Å²) in [6.45, 7) is 0.0834. The van der Waals surface area contributed by atoms with Crippen molar-refractivity contribution in [2.24, 2.45) is 5.10 Å². The molecule has 0 atom stereocenters. The van der Waals surface area contributed by atoms with Crippen LogP contribution in [0.2, 0.25) is 10.0 Å². The molecule has 2 N–H and O–H groups in total. The van der Waals surface area contributed by atoms with Gasteiger partial charge in [-0.25, -0.2) is 5.43 Å². The van der Waals surface area contributed by atoms with Gasteiger partial charge in [0.25, 0.3) is 5.91 Å². The first-order valence-electron chi connectivity index (χ1n) is 6.31. The van der Waals surface area contributed by atoms with Crippen LogP contribution in [0, 0.1) is 0 Å². The van der Waals surface area contributed by atoms with Gasteiger partial charge < -0.3 is 5.32 Å². The minimum atomic E-state index is -0.273. The van der Waals surface area contributed by atoms with Crippen molar-refractivity contribution in [2.75, 3.05) is 11.9 Å². The Morgan fingerprint density at radius 2 is 2.00 bits per heavy atom. The van der Waals surface area contributed by atoms with Gasteiger partial charge in [0.1, 0.15) is 0 Å². The number of nitrogens with zero attached hydrogens (tertiary/aromatic N) is 1. The Bertz CT molecular complexity index is 707. The zero-order chi connectivity index (χ0) is 15.9. The molecule has 2 rings (SSSR count). The van der Waals surface area contributed by atoms with Crippen LogP contribution in [-0.4, -0.2) is 18.7 Å². The fourth-order valence-corrected chi connectivity index (χ4v) is 2.61. The molecule has 114 valence electrons. The second-order valence-corrected chi connectivity index (χ2v) is 5.99. The summed E-state index contributed by atoms with van der Waals surface area (Å²) in [5, 5.41) is 8.04. The number of benzene rings is 2. The first-order valence-corrected chi connectivity index (χ1v) is 7.86. The van der Waals surface area contributed by atoms with Gasteiger partial charge in [-0.05, 0) is 40.2 Å². The SMILES string of the molecule is O=C(CNc1ccc(Cl)cc1Br)N/N=C/c1ccccc1Cl. The van der Waals surface area contributed by atoms with Gasteiger partial charge >= 0.3 is 0 Å². The molecule has 4 nitrogen and oxygen atoms in total. The Morgan fingerprint density at radius 1 is 1.23 bits per heavy atom. The van der Waals surface area contributed by atoms with Crippen molar-refractivity contribution in [3.8, 4) is 0 Å². The highest BCUT2D eigenvalue weighted by molar-refractivity contribution is 9.10. The highest BCUT2D eigenvalue weighted by atomic mass is 79.9. The number of anilines is 1. The molecule has 0 aliphatic carbocycles. The average molecular weight is 401 g/mol. The van der Waals surface area contributed by atoms with Gasteiger partial charge in [0, 0.05) is 25.8 Å². The quantitative estimate of drug-likeness (QED) is 0.580. The fraction of sp³-hybridized carbons (Fsp3) is 0.0667. The highest BCUT2D eigenvalue weighted by Crippen LogP contribution is 2.25. The third kappa shape index (κ3) is 5.02. The van der Waals surface area contributed by atoms with Gasteiger partial charge in [-0.1, -0.05) is 41.4 Å². The van der Waals surface area contributed by atoms with Crippen molar-refractivity contribution < 1.29 is 4.79 Å². The predicted molar refractivity (Wildman–Crippen MR) is 94.8 cm³/mol. The van der Waals surface area contributed by atoms with Crippen LogP contribution in [0.15, 0.2) is 52.0 Å². The maximum Gasteiger partial charge on any atom is 0.259 e. The van der Waals surface area contributed by atoms with Crippen LogP contribution in [0.25, 0.3) is 0 Å². The number of halogens is 3. The van der Waals surface area contributed by atoms with Crippen LogP contribution >= 0.6 is 39.1 Å². The summed E-state index contributed by atoms with van der Waals surface area (Å²) in [5.41, 5.74) is 3.93. The van der Waals surface area contributed by atoms with Gasteiger partial charge in [0.2, 0.25) is 0 Å². The van der Waals surface area contributed by atoms with Crippen LogP contribution < -0.4 is 10.7 Å². The van der Waals surface area contributed by atoms with E-state index in [0.29, 0.717) is 10.0 Å². The molecule has 2 aromatic rings. The minimum Gasteiger partial charge on any atom is -0.375 e. The molecule has 0 aliphatic heterocycles. The molecular weight excluding hydrogens is 389 g/mol. The van der Waals surface area contributed by atoms with E-state index in [2.05, 4.69) is 31.8 Å². The molecule has 0 spiro atoms. The monoisotopic (exact) mass is 399 g/mol. The molecule has 1 amide bonds. The van der Waals surface area contributed by atoms with E-state index < -0.39 is 0 Å². The summed E-state index contributed by atoms with van der Waals surface area (Å²) in [5.74, 6) is -0.273. The summed E-state index contributed by atoms with van der Waals surface area (Å²) in [6, 6.07) is 12.5. The lowest BCUT2D eigenvalue weighted by Crippen LogP contribution is -2.26. The molecule has 22 heavy (non-hydrogen) atoms. The van der Waals surface area contributed by atoms with E-state index in [0.717, 1.165) is 15.7 Å². The number of rotatable bonds is 5. The van der Waals surface area contributed by atoms with Crippen molar-refractivity contribution >= 4 is 56.9 Å². The zero-order valence-electron chi connectivity index (χ0n) is 11.3. The molecule has 0 fully saturated rings. The van der Waals surface area contributed by atoms with Crippen LogP contribution in [0.5, 0.6) is 0 Å². The zero-order valence-corrected chi connectivity index (χ0v) is 14.4. The number of amides is 1. The lowest BCUT2D eigenvalue weighted by Gasteiger charge is -2.07. The lowest BCUT2D eigenvalue weighted by molar-refractivity contribution is -0.119.